The lowest BCUT2D eigenvalue weighted by atomic mass is 10.1. The third-order valence-corrected chi connectivity index (χ3v) is 4.40. The lowest BCUT2D eigenvalue weighted by Crippen LogP contribution is -2.34. The SMILES string of the molecule is COCCOc1ccc(Nc2nccc(OC3CCNCC3)c2OC)c(F)c1. The normalized spacial score (nSPS) is 14.5. The van der Waals surface area contributed by atoms with Crippen LogP contribution in [0, 0.1) is 5.82 Å². The molecule has 0 saturated carbocycles. The average Bonchev–Trinajstić information content (AvgIpc) is 2.71. The first-order chi connectivity index (χ1) is 13.7. The second-order valence-corrected chi connectivity index (χ2v) is 6.37. The van der Waals surface area contributed by atoms with Crippen LogP contribution in [0.1, 0.15) is 12.8 Å². The summed E-state index contributed by atoms with van der Waals surface area (Å²) in [5, 5.41) is 6.29. The molecule has 8 heteroatoms. The number of methoxy groups -OCH3 is 2. The number of hydrogen-bond acceptors (Lipinski definition) is 7. The van der Waals surface area contributed by atoms with Crippen molar-refractivity contribution >= 4 is 11.5 Å². The van der Waals surface area contributed by atoms with Gasteiger partial charge in [0.1, 0.15) is 24.3 Å². The van der Waals surface area contributed by atoms with Crippen LogP contribution in [-0.2, 0) is 4.74 Å². The fraction of sp³-hybridized carbons (Fsp3) is 0.450. The second-order valence-electron chi connectivity index (χ2n) is 6.37. The molecular formula is C20H26FN3O4. The molecule has 2 heterocycles. The van der Waals surface area contributed by atoms with Crippen molar-refractivity contribution in [3.8, 4) is 17.2 Å². The molecule has 0 unspecified atom stereocenters. The third kappa shape index (κ3) is 5.24. The maximum atomic E-state index is 14.5. The summed E-state index contributed by atoms with van der Waals surface area (Å²) in [7, 11) is 3.13. The van der Waals surface area contributed by atoms with Gasteiger partial charge in [-0.2, -0.15) is 0 Å². The molecule has 0 amide bonds. The van der Waals surface area contributed by atoms with Crippen molar-refractivity contribution < 1.29 is 23.3 Å². The topological polar surface area (TPSA) is 73.9 Å². The van der Waals surface area contributed by atoms with Crippen molar-refractivity contribution in [1.82, 2.24) is 10.3 Å². The van der Waals surface area contributed by atoms with E-state index in [2.05, 4.69) is 15.6 Å². The van der Waals surface area contributed by atoms with Gasteiger partial charge in [-0.25, -0.2) is 9.37 Å². The Kier molecular flexibility index (Phi) is 7.27. The molecule has 0 aliphatic carbocycles. The number of piperidine rings is 1. The molecule has 0 spiro atoms. The van der Waals surface area contributed by atoms with Crippen LogP contribution in [0.5, 0.6) is 17.2 Å². The van der Waals surface area contributed by atoms with E-state index in [-0.39, 0.29) is 11.8 Å². The summed E-state index contributed by atoms with van der Waals surface area (Å²) in [6, 6.07) is 6.36. The predicted molar refractivity (Wildman–Crippen MR) is 104 cm³/mol. The van der Waals surface area contributed by atoms with Gasteiger partial charge in [-0.3, -0.25) is 0 Å². The van der Waals surface area contributed by atoms with Crippen LogP contribution >= 0.6 is 0 Å². The predicted octanol–water partition coefficient (Wildman–Crippen LogP) is 3.13. The van der Waals surface area contributed by atoms with Gasteiger partial charge in [-0.05, 0) is 38.1 Å². The van der Waals surface area contributed by atoms with Gasteiger partial charge in [0.2, 0.25) is 5.75 Å². The van der Waals surface area contributed by atoms with Crippen LogP contribution in [0.15, 0.2) is 30.5 Å². The Labute approximate surface area is 164 Å². The number of benzene rings is 1. The monoisotopic (exact) mass is 391 g/mol. The molecule has 0 radical (unpaired) electrons. The van der Waals surface area contributed by atoms with E-state index in [0.717, 1.165) is 25.9 Å². The van der Waals surface area contributed by atoms with Crippen molar-refractivity contribution in [1.29, 1.82) is 0 Å². The van der Waals surface area contributed by atoms with Gasteiger partial charge in [0.15, 0.2) is 11.6 Å². The number of anilines is 2. The zero-order valence-corrected chi connectivity index (χ0v) is 16.2. The van der Waals surface area contributed by atoms with Gasteiger partial charge in [0.05, 0.1) is 19.4 Å². The lowest BCUT2D eigenvalue weighted by molar-refractivity contribution is 0.146. The molecule has 3 rings (SSSR count). The van der Waals surface area contributed by atoms with Crippen LogP contribution in [0.25, 0.3) is 0 Å². The largest absolute Gasteiger partial charge is 0.491 e. The van der Waals surface area contributed by atoms with Crippen LogP contribution in [-0.4, -0.2) is 51.6 Å². The number of hydrogen-bond donors (Lipinski definition) is 2. The van der Waals surface area contributed by atoms with Gasteiger partial charge < -0.3 is 29.6 Å². The lowest BCUT2D eigenvalue weighted by Gasteiger charge is -2.25. The number of ether oxygens (including phenoxy) is 4. The molecule has 7 nitrogen and oxygen atoms in total. The van der Waals surface area contributed by atoms with Gasteiger partial charge in [0.25, 0.3) is 0 Å². The van der Waals surface area contributed by atoms with Gasteiger partial charge in [-0.1, -0.05) is 0 Å². The highest BCUT2D eigenvalue weighted by Gasteiger charge is 2.19. The maximum absolute atomic E-state index is 14.5. The summed E-state index contributed by atoms with van der Waals surface area (Å²) >= 11 is 0. The van der Waals surface area contributed by atoms with E-state index in [4.69, 9.17) is 18.9 Å². The number of rotatable bonds is 9. The van der Waals surface area contributed by atoms with Crippen molar-refractivity contribution in [3.05, 3.63) is 36.3 Å². The Morgan fingerprint density at radius 2 is 2.00 bits per heavy atom. The van der Waals surface area contributed by atoms with Gasteiger partial charge in [0, 0.05) is 25.4 Å². The Morgan fingerprint density at radius 3 is 2.71 bits per heavy atom. The fourth-order valence-electron chi connectivity index (χ4n) is 2.96. The minimum absolute atomic E-state index is 0.116. The van der Waals surface area contributed by atoms with Crippen molar-refractivity contribution in [2.24, 2.45) is 0 Å². The summed E-state index contributed by atoms with van der Waals surface area (Å²) in [6.45, 7) is 2.64. The highest BCUT2D eigenvalue weighted by atomic mass is 19.1. The molecule has 1 aliphatic heterocycles. The molecule has 1 aliphatic rings. The highest BCUT2D eigenvalue weighted by Crippen LogP contribution is 2.36. The molecule has 28 heavy (non-hydrogen) atoms. The molecule has 0 atom stereocenters. The van der Waals surface area contributed by atoms with Crippen LogP contribution < -0.4 is 24.8 Å². The first-order valence-electron chi connectivity index (χ1n) is 9.30. The van der Waals surface area contributed by atoms with E-state index in [9.17, 15) is 4.39 Å². The molecule has 1 fully saturated rings. The van der Waals surface area contributed by atoms with Crippen LogP contribution in [0.3, 0.4) is 0 Å². The Balaban J connectivity index is 1.73. The molecule has 0 bridgehead atoms. The quantitative estimate of drug-likeness (QED) is 0.636. The van der Waals surface area contributed by atoms with E-state index in [1.807, 2.05) is 0 Å². The first kappa shape index (κ1) is 20.2. The second kappa shape index (κ2) is 10.1. The summed E-state index contributed by atoms with van der Waals surface area (Å²) in [4.78, 5) is 4.28. The highest BCUT2D eigenvalue weighted by molar-refractivity contribution is 5.66. The average molecular weight is 391 g/mol. The molecule has 2 aromatic rings. The summed E-state index contributed by atoms with van der Waals surface area (Å²) in [6.07, 6.45) is 3.58. The van der Waals surface area contributed by atoms with Crippen molar-refractivity contribution in [2.75, 3.05) is 45.8 Å². The Morgan fingerprint density at radius 1 is 1.18 bits per heavy atom. The van der Waals surface area contributed by atoms with E-state index >= 15 is 0 Å². The van der Waals surface area contributed by atoms with Gasteiger partial charge >= 0.3 is 0 Å². The summed E-state index contributed by atoms with van der Waals surface area (Å²) < 4.78 is 36.4. The van der Waals surface area contributed by atoms with Gasteiger partial charge in [-0.15, -0.1) is 0 Å². The molecule has 1 saturated heterocycles. The zero-order valence-electron chi connectivity index (χ0n) is 16.2. The van der Waals surface area contributed by atoms with Crippen molar-refractivity contribution in [2.45, 2.75) is 18.9 Å². The van der Waals surface area contributed by atoms with Crippen LogP contribution in [0.2, 0.25) is 0 Å². The standard InChI is InChI=1S/C20H26FN3O4/c1-25-11-12-27-15-3-4-17(16(21)13-15)24-20-19(26-2)18(7-10-23-20)28-14-5-8-22-9-6-14/h3-4,7,10,13-14,22H,5-6,8-9,11-12H2,1-2H3,(H,23,24). The fourth-order valence-corrected chi connectivity index (χ4v) is 2.96. The molecule has 1 aromatic carbocycles. The molecule has 1 aromatic heterocycles. The van der Waals surface area contributed by atoms with E-state index in [0.29, 0.717) is 36.3 Å². The molecule has 152 valence electrons. The number of halogens is 1. The summed E-state index contributed by atoms with van der Waals surface area (Å²) in [5.41, 5.74) is 0.268. The van der Waals surface area contributed by atoms with E-state index in [1.54, 1.807) is 38.6 Å². The summed E-state index contributed by atoms with van der Waals surface area (Å²) in [5.74, 6) is 1.40. The number of nitrogens with one attached hydrogen (secondary N) is 2. The first-order valence-corrected chi connectivity index (χ1v) is 9.30. The number of aromatic nitrogens is 1. The smallest absolute Gasteiger partial charge is 0.204 e. The maximum Gasteiger partial charge on any atom is 0.204 e. The number of nitrogens with zero attached hydrogens (tertiary/aromatic N) is 1. The Bertz CT molecular complexity index is 769. The Hall–Kier alpha value is -2.58. The zero-order chi connectivity index (χ0) is 19.8. The molecule has 2 N–H and O–H groups in total. The number of pyridine rings is 1. The minimum Gasteiger partial charge on any atom is -0.491 e. The van der Waals surface area contributed by atoms with Crippen molar-refractivity contribution in [3.63, 3.8) is 0 Å². The van der Waals surface area contributed by atoms with E-state index in [1.165, 1.54) is 6.07 Å². The third-order valence-electron chi connectivity index (χ3n) is 4.40. The molecular weight excluding hydrogens is 365 g/mol. The van der Waals surface area contributed by atoms with E-state index < -0.39 is 5.82 Å². The minimum atomic E-state index is -0.455. The van der Waals surface area contributed by atoms with Crippen LogP contribution in [0.4, 0.5) is 15.9 Å².